The van der Waals surface area contributed by atoms with Gasteiger partial charge in [0, 0.05) is 45.1 Å². The summed E-state index contributed by atoms with van der Waals surface area (Å²) in [6.07, 6.45) is 9.89. The summed E-state index contributed by atoms with van der Waals surface area (Å²) in [6.45, 7) is 4.88. The molecule has 1 atom stereocenters. The van der Waals surface area contributed by atoms with Crippen molar-refractivity contribution in [2.45, 2.75) is 56.8 Å². The van der Waals surface area contributed by atoms with Crippen molar-refractivity contribution >= 4 is 5.91 Å². The molecular formula is C19H27N3O2. The Balaban J connectivity index is 1.30. The molecule has 1 unspecified atom stereocenters. The van der Waals surface area contributed by atoms with Crippen LogP contribution >= 0.6 is 0 Å². The molecular weight excluding hydrogens is 302 g/mol. The highest BCUT2D eigenvalue weighted by atomic mass is 16.5. The summed E-state index contributed by atoms with van der Waals surface area (Å²) in [7, 11) is 0. The summed E-state index contributed by atoms with van der Waals surface area (Å²) in [5.41, 5.74) is 1.22. The van der Waals surface area contributed by atoms with E-state index in [-0.39, 0.29) is 17.6 Å². The molecule has 4 rings (SSSR count). The van der Waals surface area contributed by atoms with E-state index in [9.17, 15) is 4.79 Å². The van der Waals surface area contributed by atoms with E-state index in [1.807, 2.05) is 23.4 Å². The van der Waals surface area contributed by atoms with E-state index in [2.05, 4.69) is 16.0 Å². The van der Waals surface area contributed by atoms with E-state index >= 15 is 0 Å². The van der Waals surface area contributed by atoms with Gasteiger partial charge in [-0.05, 0) is 50.2 Å². The normalized spacial score (nSPS) is 27.0. The molecule has 1 aromatic heterocycles. The van der Waals surface area contributed by atoms with Crippen molar-refractivity contribution in [2.75, 3.05) is 26.2 Å². The van der Waals surface area contributed by atoms with Gasteiger partial charge in [-0.1, -0.05) is 6.07 Å². The highest BCUT2D eigenvalue weighted by Gasteiger charge is 2.45. The Labute approximate surface area is 144 Å². The molecule has 0 saturated carbocycles. The number of nitrogens with zero attached hydrogens (tertiary/aromatic N) is 3. The predicted molar refractivity (Wildman–Crippen MR) is 91.4 cm³/mol. The van der Waals surface area contributed by atoms with E-state index in [0.717, 1.165) is 71.2 Å². The number of hydrogen-bond donors (Lipinski definition) is 0. The third kappa shape index (κ3) is 3.33. The van der Waals surface area contributed by atoms with Crippen LogP contribution in [-0.2, 0) is 16.1 Å². The number of aromatic nitrogens is 1. The molecule has 1 amide bonds. The van der Waals surface area contributed by atoms with Crippen LogP contribution in [0.25, 0.3) is 0 Å². The van der Waals surface area contributed by atoms with Gasteiger partial charge >= 0.3 is 0 Å². The van der Waals surface area contributed by atoms with Crippen molar-refractivity contribution in [3.05, 3.63) is 30.1 Å². The average Bonchev–Trinajstić information content (AvgIpc) is 3.28. The average molecular weight is 329 g/mol. The van der Waals surface area contributed by atoms with Gasteiger partial charge in [-0.3, -0.25) is 14.7 Å². The second kappa shape index (κ2) is 6.81. The quantitative estimate of drug-likeness (QED) is 0.853. The molecule has 5 nitrogen and oxygen atoms in total. The highest BCUT2D eigenvalue weighted by molar-refractivity contribution is 5.81. The van der Waals surface area contributed by atoms with Crippen LogP contribution in [0.4, 0.5) is 0 Å². The van der Waals surface area contributed by atoms with Crippen LogP contribution in [-0.4, -0.2) is 58.6 Å². The van der Waals surface area contributed by atoms with E-state index in [1.165, 1.54) is 5.56 Å². The standard InChI is InChI=1S/C19H27N3O2/c23-18(22-10-1-2-11-22)17-5-6-19(24-17)7-12-21(13-8-19)15-16-4-3-9-20-14-16/h3-4,9,14,17H,1-2,5-8,10-13,15H2. The Hall–Kier alpha value is -1.46. The summed E-state index contributed by atoms with van der Waals surface area (Å²) < 4.78 is 6.33. The van der Waals surface area contributed by atoms with Crippen LogP contribution in [0.1, 0.15) is 44.1 Å². The van der Waals surface area contributed by atoms with Crippen molar-refractivity contribution in [1.29, 1.82) is 0 Å². The number of rotatable bonds is 3. The predicted octanol–water partition coefficient (Wildman–Crippen LogP) is 2.22. The Kier molecular flexibility index (Phi) is 4.55. The van der Waals surface area contributed by atoms with Crippen LogP contribution in [0.15, 0.2) is 24.5 Å². The van der Waals surface area contributed by atoms with Gasteiger partial charge in [-0.2, -0.15) is 0 Å². The Morgan fingerprint density at radius 1 is 1.21 bits per heavy atom. The minimum atomic E-state index is -0.187. The Morgan fingerprint density at radius 3 is 2.71 bits per heavy atom. The zero-order valence-corrected chi connectivity index (χ0v) is 14.3. The molecule has 0 aromatic carbocycles. The number of ether oxygens (including phenoxy) is 1. The lowest BCUT2D eigenvalue weighted by Gasteiger charge is -2.39. The molecule has 24 heavy (non-hydrogen) atoms. The molecule has 3 saturated heterocycles. The topological polar surface area (TPSA) is 45.7 Å². The van der Waals surface area contributed by atoms with Crippen LogP contribution in [0.2, 0.25) is 0 Å². The second-order valence-electron chi connectivity index (χ2n) is 7.50. The van der Waals surface area contributed by atoms with Gasteiger partial charge < -0.3 is 9.64 Å². The van der Waals surface area contributed by atoms with Crippen LogP contribution in [0.3, 0.4) is 0 Å². The molecule has 0 bridgehead atoms. The van der Waals surface area contributed by atoms with Crippen LogP contribution < -0.4 is 0 Å². The monoisotopic (exact) mass is 329 g/mol. The fraction of sp³-hybridized carbons (Fsp3) is 0.684. The maximum absolute atomic E-state index is 12.6. The van der Waals surface area contributed by atoms with Gasteiger partial charge in [0.25, 0.3) is 5.91 Å². The molecule has 3 fully saturated rings. The summed E-state index contributed by atoms with van der Waals surface area (Å²) in [6, 6.07) is 4.13. The number of carbonyl (C=O) groups excluding carboxylic acids is 1. The molecule has 0 N–H and O–H groups in total. The molecule has 4 heterocycles. The van der Waals surface area contributed by atoms with Crippen molar-refractivity contribution in [3.63, 3.8) is 0 Å². The number of likely N-dealkylation sites (tertiary alicyclic amines) is 2. The zero-order chi connectivity index (χ0) is 16.4. The lowest BCUT2D eigenvalue weighted by molar-refractivity contribution is -0.150. The van der Waals surface area contributed by atoms with Gasteiger partial charge in [0.15, 0.2) is 0 Å². The largest absolute Gasteiger partial charge is 0.362 e. The SMILES string of the molecule is O=C(C1CCC2(CCN(Cc3cccnc3)CC2)O1)N1CCCC1. The molecule has 5 heteroatoms. The molecule has 130 valence electrons. The molecule has 3 aliphatic rings. The first-order valence-corrected chi connectivity index (χ1v) is 9.32. The second-order valence-corrected chi connectivity index (χ2v) is 7.50. The minimum Gasteiger partial charge on any atom is -0.362 e. The van der Waals surface area contributed by atoms with E-state index in [1.54, 1.807) is 0 Å². The molecule has 0 radical (unpaired) electrons. The van der Waals surface area contributed by atoms with E-state index in [0.29, 0.717) is 0 Å². The fourth-order valence-electron chi connectivity index (χ4n) is 4.37. The van der Waals surface area contributed by atoms with Gasteiger partial charge in [0.1, 0.15) is 6.10 Å². The maximum atomic E-state index is 12.6. The van der Waals surface area contributed by atoms with Crippen LogP contribution in [0.5, 0.6) is 0 Å². The van der Waals surface area contributed by atoms with Crippen molar-refractivity contribution in [3.8, 4) is 0 Å². The number of hydrogen-bond acceptors (Lipinski definition) is 4. The first-order valence-electron chi connectivity index (χ1n) is 9.32. The maximum Gasteiger partial charge on any atom is 0.251 e. The summed E-state index contributed by atoms with van der Waals surface area (Å²) >= 11 is 0. The van der Waals surface area contributed by atoms with Crippen molar-refractivity contribution in [1.82, 2.24) is 14.8 Å². The summed E-state index contributed by atoms with van der Waals surface area (Å²) in [4.78, 5) is 21.2. The Morgan fingerprint density at radius 2 is 2.00 bits per heavy atom. The molecule has 1 aromatic rings. The van der Waals surface area contributed by atoms with Gasteiger partial charge in [0.2, 0.25) is 0 Å². The fourth-order valence-corrected chi connectivity index (χ4v) is 4.37. The third-order valence-corrected chi connectivity index (χ3v) is 5.84. The third-order valence-electron chi connectivity index (χ3n) is 5.84. The molecule has 3 aliphatic heterocycles. The number of pyridine rings is 1. The Bertz CT molecular complexity index is 563. The first-order chi connectivity index (χ1) is 11.7. The summed E-state index contributed by atoms with van der Waals surface area (Å²) in [5, 5.41) is 0. The zero-order valence-electron chi connectivity index (χ0n) is 14.3. The van der Waals surface area contributed by atoms with Gasteiger partial charge in [0.05, 0.1) is 5.60 Å². The van der Waals surface area contributed by atoms with Crippen molar-refractivity contribution in [2.24, 2.45) is 0 Å². The highest BCUT2D eigenvalue weighted by Crippen LogP contribution is 2.39. The van der Waals surface area contributed by atoms with Crippen LogP contribution in [0, 0.1) is 0 Å². The molecule has 1 spiro atoms. The number of piperidine rings is 1. The first kappa shape index (κ1) is 16.0. The number of carbonyl (C=O) groups is 1. The molecule has 0 aliphatic carbocycles. The smallest absolute Gasteiger partial charge is 0.251 e. The van der Waals surface area contributed by atoms with Gasteiger partial charge in [-0.25, -0.2) is 0 Å². The minimum absolute atomic E-state index is 0.0501. The lowest BCUT2D eigenvalue weighted by Crippen LogP contribution is -2.45. The number of amides is 1. The van der Waals surface area contributed by atoms with E-state index < -0.39 is 0 Å². The van der Waals surface area contributed by atoms with Crippen molar-refractivity contribution < 1.29 is 9.53 Å². The summed E-state index contributed by atoms with van der Waals surface area (Å²) in [5.74, 6) is 0.238. The lowest BCUT2D eigenvalue weighted by atomic mass is 9.88. The van der Waals surface area contributed by atoms with E-state index in [4.69, 9.17) is 4.74 Å². The van der Waals surface area contributed by atoms with Gasteiger partial charge in [-0.15, -0.1) is 0 Å².